The number of hydrogen-bond acceptors (Lipinski definition) is 5. The molecule has 0 fully saturated rings. The van der Waals surface area contributed by atoms with E-state index in [1.807, 2.05) is 30.3 Å². The molecule has 2 rings (SSSR count). The van der Waals surface area contributed by atoms with Crippen molar-refractivity contribution in [1.82, 2.24) is 15.3 Å². The summed E-state index contributed by atoms with van der Waals surface area (Å²) in [6.07, 6.45) is 1.57. The number of hydrogen-bond donors (Lipinski definition) is 2. The molecule has 2 N–H and O–H groups in total. The highest BCUT2D eigenvalue weighted by atomic mass is 16.5. The van der Waals surface area contributed by atoms with E-state index < -0.39 is 6.04 Å². The topological polar surface area (TPSA) is 76.1 Å². The zero-order chi connectivity index (χ0) is 14.4. The molecule has 0 aliphatic carbocycles. The van der Waals surface area contributed by atoms with Gasteiger partial charge in [0.05, 0.1) is 7.11 Å². The van der Waals surface area contributed by atoms with E-state index in [9.17, 15) is 4.79 Å². The standard InChI is InChI=1S/C14H16N4O2/c1-15-13(19)12(10-6-4-3-5-7-10)18-14-16-9-8-11(17-14)20-2/h3-9,12H,1-2H3,(H,15,19)(H,16,17,18). The fraction of sp³-hybridized carbons (Fsp3) is 0.214. The van der Waals surface area contributed by atoms with Crippen LogP contribution in [0.3, 0.4) is 0 Å². The second-order valence-electron chi connectivity index (χ2n) is 4.02. The zero-order valence-corrected chi connectivity index (χ0v) is 11.3. The van der Waals surface area contributed by atoms with E-state index >= 15 is 0 Å². The first-order valence-corrected chi connectivity index (χ1v) is 6.14. The summed E-state index contributed by atoms with van der Waals surface area (Å²) in [6.45, 7) is 0. The van der Waals surface area contributed by atoms with Crippen LogP contribution >= 0.6 is 0 Å². The Morgan fingerprint density at radius 1 is 1.25 bits per heavy atom. The van der Waals surface area contributed by atoms with Gasteiger partial charge in [0.25, 0.3) is 0 Å². The Balaban J connectivity index is 2.26. The highest BCUT2D eigenvalue weighted by Crippen LogP contribution is 2.18. The van der Waals surface area contributed by atoms with Crippen LogP contribution in [-0.4, -0.2) is 30.0 Å². The highest BCUT2D eigenvalue weighted by molar-refractivity contribution is 5.85. The zero-order valence-electron chi connectivity index (χ0n) is 11.3. The average molecular weight is 272 g/mol. The van der Waals surface area contributed by atoms with Crippen LogP contribution in [0.1, 0.15) is 11.6 Å². The van der Waals surface area contributed by atoms with Gasteiger partial charge >= 0.3 is 0 Å². The molecular weight excluding hydrogens is 256 g/mol. The van der Waals surface area contributed by atoms with Crippen LogP contribution < -0.4 is 15.4 Å². The number of rotatable bonds is 5. The van der Waals surface area contributed by atoms with Crippen molar-refractivity contribution in [3.05, 3.63) is 48.2 Å². The maximum Gasteiger partial charge on any atom is 0.246 e. The summed E-state index contributed by atoms with van der Waals surface area (Å²) in [5, 5.41) is 5.63. The van der Waals surface area contributed by atoms with E-state index in [2.05, 4.69) is 20.6 Å². The summed E-state index contributed by atoms with van der Waals surface area (Å²) in [5.74, 6) is 0.607. The maximum absolute atomic E-state index is 12.0. The number of carbonyl (C=O) groups excluding carboxylic acids is 1. The molecule has 2 aromatic rings. The molecule has 1 heterocycles. The molecule has 1 atom stereocenters. The minimum atomic E-state index is -0.562. The third kappa shape index (κ3) is 3.23. The number of benzene rings is 1. The van der Waals surface area contributed by atoms with Crippen LogP contribution in [0, 0.1) is 0 Å². The van der Waals surface area contributed by atoms with Crippen molar-refractivity contribution in [1.29, 1.82) is 0 Å². The Morgan fingerprint density at radius 3 is 2.65 bits per heavy atom. The molecule has 1 amide bonds. The minimum absolute atomic E-state index is 0.164. The fourth-order valence-electron chi connectivity index (χ4n) is 1.74. The number of likely N-dealkylation sites (N-methyl/N-ethyl adjacent to an activating group) is 1. The summed E-state index contributed by atoms with van der Waals surface area (Å²) >= 11 is 0. The van der Waals surface area contributed by atoms with Gasteiger partial charge in [0.15, 0.2) is 0 Å². The number of carbonyl (C=O) groups is 1. The Morgan fingerprint density at radius 2 is 2.00 bits per heavy atom. The number of anilines is 1. The van der Waals surface area contributed by atoms with Gasteiger partial charge in [-0.25, -0.2) is 4.98 Å². The normalized spacial score (nSPS) is 11.5. The van der Waals surface area contributed by atoms with E-state index in [4.69, 9.17) is 4.74 Å². The number of nitrogens with zero attached hydrogens (tertiary/aromatic N) is 2. The molecule has 0 saturated carbocycles. The molecule has 0 bridgehead atoms. The number of amides is 1. The van der Waals surface area contributed by atoms with Crippen LogP contribution in [0.5, 0.6) is 5.88 Å². The maximum atomic E-state index is 12.0. The first-order chi connectivity index (χ1) is 9.74. The lowest BCUT2D eigenvalue weighted by Crippen LogP contribution is -2.31. The van der Waals surface area contributed by atoms with Crippen molar-refractivity contribution in [2.75, 3.05) is 19.5 Å². The highest BCUT2D eigenvalue weighted by Gasteiger charge is 2.20. The van der Waals surface area contributed by atoms with Crippen LogP contribution in [-0.2, 0) is 4.79 Å². The monoisotopic (exact) mass is 272 g/mol. The molecule has 0 saturated heterocycles. The number of ether oxygens (including phenoxy) is 1. The smallest absolute Gasteiger partial charge is 0.246 e. The average Bonchev–Trinajstić information content (AvgIpc) is 2.53. The summed E-state index contributed by atoms with van der Waals surface area (Å²) < 4.78 is 5.04. The molecule has 0 spiro atoms. The van der Waals surface area contributed by atoms with Gasteiger partial charge in [-0.3, -0.25) is 4.79 Å². The molecule has 1 aromatic carbocycles. The summed E-state index contributed by atoms with van der Waals surface area (Å²) in [4.78, 5) is 20.2. The summed E-state index contributed by atoms with van der Waals surface area (Å²) in [6, 6.07) is 10.5. The van der Waals surface area contributed by atoms with Crippen LogP contribution in [0.15, 0.2) is 42.6 Å². The predicted molar refractivity (Wildman–Crippen MR) is 75.5 cm³/mol. The van der Waals surface area contributed by atoms with Gasteiger partial charge in [0.1, 0.15) is 6.04 Å². The SMILES string of the molecule is CNC(=O)C(Nc1nccc(OC)n1)c1ccccc1. The van der Waals surface area contributed by atoms with Crippen molar-refractivity contribution in [3.63, 3.8) is 0 Å². The van der Waals surface area contributed by atoms with Gasteiger partial charge in [-0.1, -0.05) is 30.3 Å². The molecular formula is C14H16N4O2. The van der Waals surface area contributed by atoms with Crippen LogP contribution in [0.4, 0.5) is 5.95 Å². The molecule has 20 heavy (non-hydrogen) atoms. The van der Waals surface area contributed by atoms with Gasteiger partial charge in [-0.2, -0.15) is 4.98 Å². The Hall–Kier alpha value is -2.63. The lowest BCUT2D eigenvalue weighted by Gasteiger charge is -2.17. The quantitative estimate of drug-likeness (QED) is 0.860. The molecule has 6 nitrogen and oxygen atoms in total. The first-order valence-electron chi connectivity index (χ1n) is 6.14. The van der Waals surface area contributed by atoms with E-state index in [0.29, 0.717) is 11.8 Å². The van der Waals surface area contributed by atoms with Crippen LogP contribution in [0.2, 0.25) is 0 Å². The van der Waals surface area contributed by atoms with Gasteiger partial charge in [-0.15, -0.1) is 0 Å². The molecule has 104 valence electrons. The second-order valence-corrected chi connectivity index (χ2v) is 4.02. The lowest BCUT2D eigenvalue weighted by atomic mass is 10.1. The van der Waals surface area contributed by atoms with Crippen molar-refractivity contribution in [2.45, 2.75) is 6.04 Å². The molecule has 1 unspecified atom stereocenters. The number of aromatic nitrogens is 2. The van der Waals surface area contributed by atoms with E-state index in [1.165, 1.54) is 7.11 Å². The number of methoxy groups -OCH3 is 1. The predicted octanol–water partition coefficient (Wildman–Crippen LogP) is 1.38. The third-order valence-corrected chi connectivity index (χ3v) is 2.75. The van der Waals surface area contributed by atoms with E-state index in [0.717, 1.165) is 5.56 Å². The second kappa shape index (κ2) is 6.51. The molecule has 6 heteroatoms. The molecule has 0 aliphatic rings. The minimum Gasteiger partial charge on any atom is -0.481 e. The Bertz CT molecular complexity index is 574. The van der Waals surface area contributed by atoms with Gasteiger partial charge < -0.3 is 15.4 Å². The Kier molecular flexibility index (Phi) is 4.49. The molecule has 1 aromatic heterocycles. The van der Waals surface area contributed by atoms with Gasteiger partial charge in [0, 0.05) is 19.3 Å². The van der Waals surface area contributed by atoms with Crippen molar-refractivity contribution in [3.8, 4) is 5.88 Å². The molecule has 0 radical (unpaired) electrons. The number of nitrogens with one attached hydrogen (secondary N) is 2. The lowest BCUT2D eigenvalue weighted by molar-refractivity contribution is -0.121. The summed E-state index contributed by atoms with van der Waals surface area (Å²) in [7, 11) is 3.12. The Labute approximate surface area is 117 Å². The third-order valence-electron chi connectivity index (χ3n) is 2.75. The van der Waals surface area contributed by atoms with E-state index in [1.54, 1.807) is 19.3 Å². The van der Waals surface area contributed by atoms with E-state index in [-0.39, 0.29) is 5.91 Å². The fourth-order valence-corrected chi connectivity index (χ4v) is 1.74. The largest absolute Gasteiger partial charge is 0.481 e. The van der Waals surface area contributed by atoms with Crippen molar-refractivity contribution < 1.29 is 9.53 Å². The van der Waals surface area contributed by atoms with Crippen LogP contribution in [0.25, 0.3) is 0 Å². The molecule has 0 aliphatic heterocycles. The van der Waals surface area contributed by atoms with Crippen molar-refractivity contribution in [2.24, 2.45) is 0 Å². The first kappa shape index (κ1) is 13.8. The van der Waals surface area contributed by atoms with Gasteiger partial charge in [0.2, 0.25) is 17.7 Å². The van der Waals surface area contributed by atoms with Gasteiger partial charge in [-0.05, 0) is 5.56 Å². The summed E-state index contributed by atoms with van der Waals surface area (Å²) in [5.41, 5.74) is 0.832. The van der Waals surface area contributed by atoms with Crippen molar-refractivity contribution >= 4 is 11.9 Å².